The van der Waals surface area contributed by atoms with Crippen molar-refractivity contribution in [3.63, 3.8) is 0 Å². The van der Waals surface area contributed by atoms with E-state index in [9.17, 15) is 5.11 Å². The number of aliphatic hydroxyl groups is 1. The maximum Gasteiger partial charge on any atom is 0.0795 e. The lowest BCUT2D eigenvalue weighted by Gasteiger charge is -2.19. The molecule has 0 spiro atoms. The second-order valence-corrected chi connectivity index (χ2v) is 4.68. The zero-order valence-corrected chi connectivity index (χ0v) is 10.8. The van der Waals surface area contributed by atoms with Gasteiger partial charge in [-0.3, -0.25) is 0 Å². The summed E-state index contributed by atoms with van der Waals surface area (Å²) in [4.78, 5) is 0. The Morgan fingerprint density at radius 3 is 1.83 bits per heavy atom. The number of hydrogen-bond donors (Lipinski definition) is 1. The van der Waals surface area contributed by atoms with Gasteiger partial charge in [-0.15, -0.1) is 0 Å². The van der Waals surface area contributed by atoms with Gasteiger partial charge in [-0.25, -0.2) is 0 Å². The van der Waals surface area contributed by atoms with Crippen LogP contribution in [0.25, 0.3) is 0 Å². The topological polar surface area (TPSA) is 20.2 Å². The monoisotopic (exact) mass is 240 g/mol. The minimum atomic E-state index is -0.378. The van der Waals surface area contributed by atoms with E-state index in [1.54, 1.807) is 0 Å². The van der Waals surface area contributed by atoms with Gasteiger partial charge in [0, 0.05) is 0 Å². The molecule has 0 aliphatic rings. The van der Waals surface area contributed by atoms with Gasteiger partial charge in [-0.2, -0.15) is 0 Å². The first-order valence-corrected chi connectivity index (χ1v) is 6.59. The zero-order chi connectivity index (χ0) is 12.8. The van der Waals surface area contributed by atoms with Crippen molar-refractivity contribution in [2.24, 2.45) is 0 Å². The highest BCUT2D eigenvalue weighted by molar-refractivity contribution is 5.22. The van der Waals surface area contributed by atoms with Gasteiger partial charge >= 0.3 is 0 Å². The fraction of sp³-hybridized carbons (Fsp3) is 0.294. The van der Waals surface area contributed by atoms with E-state index in [2.05, 4.69) is 31.2 Å². The first-order valence-electron chi connectivity index (χ1n) is 6.59. The standard InChI is InChI=1S/C17H20O/c1-2-14(15-9-5-3-6-10-15)13-17(18)16-11-7-4-8-12-16/h3-12,14,17-18H,2,13H2,1H3/t14-,17-/m0/s1. The molecule has 0 heterocycles. The molecule has 0 saturated carbocycles. The maximum atomic E-state index is 10.3. The van der Waals surface area contributed by atoms with Crippen LogP contribution in [-0.2, 0) is 0 Å². The molecule has 94 valence electrons. The Hall–Kier alpha value is -1.60. The Morgan fingerprint density at radius 1 is 0.833 bits per heavy atom. The van der Waals surface area contributed by atoms with Crippen molar-refractivity contribution >= 4 is 0 Å². The Morgan fingerprint density at radius 2 is 1.33 bits per heavy atom. The van der Waals surface area contributed by atoms with Crippen LogP contribution in [-0.4, -0.2) is 5.11 Å². The van der Waals surface area contributed by atoms with Crippen LogP contribution in [0.5, 0.6) is 0 Å². The first kappa shape index (κ1) is 12.8. The first-order chi connectivity index (χ1) is 8.81. The quantitative estimate of drug-likeness (QED) is 0.826. The summed E-state index contributed by atoms with van der Waals surface area (Å²) in [6.45, 7) is 2.18. The molecule has 0 amide bonds. The van der Waals surface area contributed by atoms with Crippen LogP contribution in [0.1, 0.15) is 42.9 Å². The minimum absolute atomic E-state index is 0.378. The van der Waals surface area contributed by atoms with Crippen molar-refractivity contribution in [1.82, 2.24) is 0 Å². The molecule has 1 nitrogen and oxygen atoms in total. The van der Waals surface area contributed by atoms with E-state index in [-0.39, 0.29) is 6.10 Å². The molecule has 2 aromatic carbocycles. The maximum absolute atomic E-state index is 10.3. The third-order valence-electron chi connectivity index (χ3n) is 3.46. The molecule has 0 radical (unpaired) electrons. The Labute approximate surface area is 109 Å². The summed E-state index contributed by atoms with van der Waals surface area (Å²) in [5.41, 5.74) is 2.32. The smallest absolute Gasteiger partial charge is 0.0795 e. The molecule has 0 saturated heterocycles. The minimum Gasteiger partial charge on any atom is -0.388 e. The molecule has 2 aromatic rings. The van der Waals surface area contributed by atoms with Crippen molar-refractivity contribution in [3.8, 4) is 0 Å². The van der Waals surface area contributed by atoms with Crippen molar-refractivity contribution in [2.75, 3.05) is 0 Å². The van der Waals surface area contributed by atoms with Crippen molar-refractivity contribution in [1.29, 1.82) is 0 Å². The molecule has 0 fully saturated rings. The molecule has 1 N–H and O–H groups in total. The van der Waals surface area contributed by atoms with Gasteiger partial charge in [0.2, 0.25) is 0 Å². The largest absolute Gasteiger partial charge is 0.388 e. The summed E-state index contributed by atoms with van der Waals surface area (Å²) >= 11 is 0. The zero-order valence-electron chi connectivity index (χ0n) is 10.8. The molecule has 0 aliphatic carbocycles. The van der Waals surface area contributed by atoms with Crippen molar-refractivity contribution < 1.29 is 5.11 Å². The molecular formula is C17H20O. The van der Waals surface area contributed by atoms with Crippen LogP contribution in [0.3, 0.4) is 0 Å². The Kier molecular flexibility index (Phi) is 4.54. The molecule has 18 heavy (non-hydrogen) atoms. The lowest BCUT2D eigenvalue weighted by Crippen LogP contribution is -2.05. The van der Waals surface area contributed by atoms with Gasteiger partial charge in [0.1, 0.15) is 0 Å². The molecule has 0 bridgehead atoms. The number of benzene rings is 2. The summed E-state index contributed by atoms with van der Waals surface area (Å²) in [6.07, 6.45) is 1.45. The van der Waals surface area contributed by atoms with E-state index in [4.69, 9.17) is 0 Å². The second kappa shape index (κ2) is 6.36. The number of aliphatic hydroxyl groups excluding tert-OH is 1. The predicted molar refractivity (Wildman–Crippen MR) is 75.5 cm³/mol. The van der Waals surface area contributed by atoms with Crippen molar-refractivity contribution in [2.45, 2.75) is 31.8 Å². The van der Waals surface area contributed by atoms with Crippen LogP contribution in [0.4, 0.5) is 0 Å². The Balaban J connectivity index is 2.07. The molecule has 0 aromatic heterocycles. The highest BCUT2D eigenvalue weighted by Crippen LogP contribution is 2.30. The van der Waals surface area contributed by atoms with E-state index in [1.165, 1.54) is 5.56 Å². The van der Waals surface area contributed by atoms with Crippen LogP contribution in [0.2, 0.25) is 0 Å². The van der Waals surface area contributed by atoms with Gasteiger partial charge in [-0.05, 0) is 29.9 Å². The third-order valence-corrected chi connectivity index (χ3v) is 3.46. The highest BCUT2D eigenvalue weighted by Gasteiger charge is 2.15. The lowest BCUT2D eigenvalue weighted by atomic mass is 9.89. The van der Waals surface area contributed by atoms with E-state index in [0.717, 1.165) is 18.4 Å². The van der Waals surface area contributed by atoms with Gasteiger partial charge in [0.25, 0.3) is 0 Å². The van der Waals surface area contributed by atoms with Crippen LogP contribution in [0, 0.1) is 0 Å². The van der Waals surface area contributed by atoms with Crippen LogP contribution < -0.4 is 0 Å². The second-order valence-electron chi connectivity index (χ2n) is 4.68. The average Bonchev–Trinajstić information content (AvgIpc) is 2.46. The van der Waals surface area contributed by atoms with Gasteiger partial charge < -0.3 is 5.11 Å². The van der Waals surface area contributed by atoms with Crippen LogP contribution in [0.15, 0.2) is 60.7 Å². The van der Waals surface area contributed by atoms with Gasteiger partial charge in [0.15, 0.2) is 0 Å². The molecule has 1 heteroatoms. The summed E-state index contributed by atoms with van der Waals surface area (Å²) in [5.74, 6) is 0.418. The van der Waals surface area contributed by atoms with E-state index in [1.807, 2.05) is 36.4 Å². The van der Waals surface area contributed by atoms with Crippen molar-refractivity contribution in [3.05, 3.63) is 71.8 Å². The highest BCUT2D eigenvalue weighted by atomic mass is 16.3. The summed E-state index contributed by atoms with van der Waals surface area (Å²) in [5, 5.41) is 10.3. The van der Waals surface area contributed by atoms with E-state index in [0.29, 0.717) is 5.92 Å². The molecule has 0 unspecified atom stereocenters. The lowest BCUT2D eigenvalue weighted by molar-refractivity contribution is 0.156. The summed E-state index contributed by atoms with van der Waals surface area (Å²) in [7, 11) is 0. The SMILES string of the molecule is CC[C@@H](C[C@H](O)c1ccccc1)c1ccccc1. The van der Waals surface area contributed by atoms with E-state index < -0.39 is 0 Å². The van der Waals surface area contributed by atoms with Gasteiger partial charge in [0.05, 0.1) is 6.10 Å². The van der Waals surface area contributed by atoms with E-state index >= 15 is 0 Å². The van der Waals surface area contributed by atoms with Gasteiger partial charge in [-0.1, -0.05) is 67.6 Å². The summed E-state index contributed by atoms with van der Waals surface area (Å²) < 4.78 is 0. The average molecular weight is 240 g/mol. The fourth-order valence-electron chi connectivity index (χ4n) is 2.34. The molecule has 2 rings (SSSR count). The summed E-state index contributed by atoms with van der Waals surface area (Å²) in [6, 6.07) is 20.3. The molecular weight excluding hydrogens is 220 g/mol. The molecule has 0 aliphatic heterocycles. The normalized spacial score (nSPS) is 14.1. The molecule has 2 atom stereocenters. The number of hydrogen-bond acceptors (Lipinski definition) is 1. The van der Waals surface area contributed by atoms with Crippen LogP contribution >= 0.6 is 0 Å². The Bertz CT molecular complexity index is 450. The number of rotatable bonds is 5. The third kappa shape index (κ3) is 3.21. The fourth-order valence-corrected chi connectivity index (χ4v) is 2.34. The predicted octanol–water partition coefficient (Wildman–Crippen LogP) is 4.30.